The fraction of sp³-hybridized carbons (Fsp3) is 0.200. The van der Waals surface area contributed by atoms with Gasteiger partial charge in [0.15, 0.2) is 0 Å². The minimum Gasteiger partial charge on any atom is -0.491 e. The van der Waals surface area contributed by atoms with E-state index in [1.165, 1.54) is 0 Å². The monoisotopic (exact) mass is 335 g/mol. The van der Waals surface area contributed by atoms with Crippen molar-refractivity contribution in [1.29, 1.82) is 0 Å². The minimum atomic E-state index is -0.0988. The predicted molar refractivity (Wildman–Crippen MR) is 96.6 cm³/mol. The van der Waals surface area contributed by atoms with Crippen LogP contribution in [0, 0.1) is 0 Å². The molecule has 3 rings (SSSR count). The molecule has 0 radical (unpaired) electrons. The second-order valence-corrected chi connectivity index (χ2v) is 5.93. The van der Waals surface area contributed by atoms with Crippen molar-refractivity contribution in [2.45, 2.75) is 19.5 Å². The SMILES string of the molecule is CC(COc1ccccc1)NC(=O)c1ccc(Cn2ccnc2)cc1. The number of ether oxygens (including phenoxy) is 1. The van der Waals surface area contributed by atoms with Crippen molar-refractivity contribution in [1.82, 2.24) is 14.9 Å². The normalized spacial score (nSPS) is 11.7. The van der Waals surface area contributed by atoms with Crippen molar-refractivity contribution in [2.24, 2.45) is 0 Å². The van der Waals surface area contributed by atoms with Crippen LogP contribution in [-0.2, 0) is 6.54 Å². The molecule has 1 N–H and O–H groups in total. The van der Waals surface area contributed by atoms with Gasteiger partial charge in [0.05, 0.1) is 12.4 Å². The molecule has 1 aromatic heterocycles. The van der Waals surface area contributed by atoms with Gasteiger partial charge >= 0.3 is 0 Å². The average molecular weight is 335 g/mol. The molecule has 0 aliphatic carbocycles. The Balaban J connectivity index is 1.50. The first-order chi connectivity index (χ1) is 12.2. The highest BCUT2D eigenvalue weighted by Crippen LogP contribution is 2.09. The molecule has 25 heavy (non-hydrogen) atoms. The summed E-state index contributed by atoms with van der Waals surface area (Å²) in [6.45, 7) is 3.09. The predicted octanol–water partition coefficient (Wildman–Crippen LogP) is 3.13. The topological polar surface area (TPSA) is 56.1 Å². The lowest BCUT2D eigenvalue weighted by Crippen LogP contribution is -2.36. The first kappa shape index (κ1) is 16.8. The second-order valence-electron chi connectivity index (χ2n) is 5.93. The maximum Gasteiger partial charge on any atom is 0.251 e. The van der Waals surface area contributed by atoms with Crippen LogP contribution in [0.5, 0.6) is 5.75 Å². The summed E-state index contributed by atoms with van der Waals surface area (Å²) in [5, 5.41) is 2.95. The van der Waals surface area contributed by atoms with Gasteiger partial charge in [-0.25, -0.2) is 4.98 Å². The molecule has 0 bridgehead atoms. The summed E-state index contributed by atoms with van der Waals surface area (Å²) in [5.74, 6) is 0.700. The second kappa shape index (κ2) is 8.15. The number of nitrogens with one attached hydrogen (secondary N) is 1. The van der Waals surface area contributed by atoms with Crippen molar-refractivity contribution >= 4 is 5.91 Å². The molecule has 0 aliphatic heterocycles. The summed E-state index contributed by atoms with van der Waals surface area (Å²) in [4.78, 5) is 16.3. The van der Waals surface area contributed by atoms with Gasteiger partial charge in [0, 0.05) is 24.5 Å². The van der Waals surface area contributed by atoms with Gasteiger partial charge in [-0.3, -0.25) is 4.79 Å². The molecule has 0 aliphatic rings. The van der Waals surface area contributed by atoms with E-state index in [1.807, 2.05) is 72.3 Å². The molecule has 1 unspecified atom stereocenters. The summed E-state index contributed by atoms with van der Waals surface area (Å²) < 4.78 is 7.64. The number of hydrogen-bond donors (Lipinski definition) is 1. The summed E-state index contributed by atoms with van der Waals surface area (Å²) in [6.07, 6.45) is 5.44. The molecule has 1 amide bonds. The Morgan fingerprint density at radius 3 is 2.60 bits per heavy atom. The van der Waals surface area contributed by atoms with Crippen molar-refractivity contribution < 1.29 is 9.53 Å². The van der Waals surface area contributed by atoms with Crippen LogP contribution in [0.1, 0.15) is 22.8 Å². The van der Waals surface area contributed by atoms with E-state index < -0.39 is 0 Å². The first-order valence-electron chi connectivity index (χ1n) is 8.24. The molecule has 3 aromatic rings. The Kier molecular flexibility index (Phi) is 5.46. The maximum atomic E-state index is 12.3. The molecule has 0 spiro atoms. The summed E-state index contributed by atoms with van der Waals surface area (Å²) in [7, 11) is 0. The minimum absolute atomic E-state index is 0.0849. The third kappa shape index (κ3) is 4.94. The lowest BCUT2D eigenvalue weighted by molar-refractivity contribution is 0.0926. The van der Waals surface area contributed by atoms with E-state index >= 15 is 0 Å². The zero-order valence-corrected chi connectivity index (χ0v) is 14.1. The number of amides is 1. The van der Waals surface area contributed by atoms with Gasteiger partial charge in [-0.2, -0.15) is 0 Å². The van der Waals surface area contributed by atoms with Crippen LogP contribution in [0.4, 0.5) is 0 Å². The van der Waals surface area contributed by atoms with Crippen LogP contribution in [0.3, 0.4) is 0 Å². The van der Waals surface area contributed by atoms with Gasteiger partial charge in [0.2, 0.25) is 0 Å². The van der Waals surface area contributed by atoms with Crippen molar-refractivity contribution in [3.63, 3.8) is 0 Å². The van der Waals surface area contributed by atoms with Crippen molar-refractivity contribution in [2.75, 3.05) is 6.61 Å². The van der Waals surface area contributed by atoms with E-state index in [9.17, 15) is 4.79 Å². The van der Waals surface area contributed by atoms with Gasteiger partial charge in [0.1, 0.15) is 12.4 Å². The van der Waals surface area contributed by atoms with E-state index in [0.29, 0.717) is 12.2 Å². The molecule has 5 nitrogen and oxygen atoms in total. The largest absolute Gasteiger partial charge is 0.491 e. The summed E-state index contributed by atoms with van der Waals surface area (Å²) in [5.41, 5.74) is 1.76. The molecule has 5 heteroatoms. The lowest BCUT2D eigenvalue weighted by atomic mass is 10.1. The van der Waals surface area contributed by atoms with Gasteiger partial charge in [0.25, 0.3) is 5.91 Å². The van der Waals surface area contributed by atoms with Crippen LogP contribution in [0.2, 0.25) is 0 Å². The van der Waals surface area contributed by atoms with E-state index in [-0.39, 0.29) is 11.9 Å². The third-order valence-corrected chi connectivity index (χ3v) is 3.76. The van der Waals surface area contributed by atoms with Crippen LogP contribution >= 0.6 is 0 Å². The molecule has 0 saturated carbocycles. The number of para-hydroxylation sites is 1. The Labute approximate surface area is 147 Å². The molecule has 2 aromatic carbocycles. The highest BCUT2D eigenvalue weighted by Gasteiger charge is 2.10. The average Bonchev–Trinajstić information content (AvgIpc) is 3.14. The van der Waals surface area contributed by atoms with E-state index in [2.05, 4.69) is 10.3 Å². The number of rotatable bonds is 7. The summed E-state index contributed by atoms with van der Waals surface area (Å²) >= 11 is 0. The third-order valence-electron chi connectivity index (χ3n) is 3.76. The molecule has 128 valence electrons. The Morgan fingerprint density at radius 1 is 1.16 bits per heavy atom. The Morgan fingerprint density at radius 2 is 1.92 bits per heavy atom. The van der Waals surface area contributed by atoms with E-state index in [4.69, 9.17) is 4.74 Å². The summed E-state index contributed by atoms with van der Waals surface area (Å²) in [6, 6.07) is 17.1. The fourth-order valence-electron chi connectivity index (χ4n) is 2.44. The number of carbonyl (C=O) groups is 1. The van der Waals surface area contributed by atoms with Gasteiger partial charge in [-0.15, -0.1) is 0 Å². The number of aromatic nitrogens is 2. The van der Waals surface area contributed by atoms with Crippen LogP contribution in [0.25, 0.3) is 0 Å². The fourth-order valence-corrected chi connectivity index (χ4v) is 2.44. The lowest BCUT2D eigenvalue weighted by Gasteiger charge is -2.15. The number of nitrogens with zero attached hydrogens (tertiary/aromatic N) is 2. The first-order valence-corrected chi connectivity index (χ1v) is 8.24. The van der Waals surface area contributed by atoms with Crippen LogP contribution in [-0.4, -0.2) is 28.1 Å². The standard InChI is InChI=1S/C20H21N3O2/c1-16(14-25-19-5-3-2-4-6-19)22-20(24)18-9-7-17(8-10-18)13-23-12-11-21-15-23/h2-12,15-16H,13-14H2,1H3,(H,22,24). The highest BCUT2D eigenvalue weighted by molar-refractivity contribution is 5.94. The molecule has 0 fully saturated rings. The van der Waals surface area contributed by atoms with Crippen LogP contribution in [0.15, 0.2) is 73.3 Å². The number of imidazole rings is 1. The van der Waals surface area contributed by atoms with Gasteiger partial charge in [-0.05, 0) is 36.8 Å². The highest BCUT2D eigenvalue weighted by atomic mass is 16.5. The molecule has 1 atom stereocenters. The van der Waals surface area contributed by atoms with Gasteiger partial charge in [-0.1, -0.05) is 30.3 Å². The van der Waals surface area contributed by atoms with Gasteiger partial charge < -0.3 is 14.6 Å². The zero-order chi connectivity index (χ0) is 17.5. The molecular weight excluding hydrogens is 314 g/mol. The Bertz CT molecular complexity index is 784. The Hall–Kier alpha value is -3.08. The number of hydrogen-bond acceptors (Lipinski definition) is 3. The molecular formula is C20H21N3O2. The quantitative estimate of drug-likeness (QED) is 0.722. The van der Waals surface area contributed by atoms with Crippen LogP contribution < -0.4 is 10.1 Å². The molecule has 1 heterocycles. The zero-order valence-electron chi connectivity index (χ0n) is 14.1. The number of benzene rings is 2. The maximum absolute atomic E-state index is 12.3. The molecule has 0 saturated heterocycles. The van der Waals surface area contributed by atoms with E-state index in [1.54, 1.807) is 12.5 Å². The van der Waals surface area contributed by atoms with Crippen molar-refractivity contribution in [3.05, 3.63) is 84.4 Å². The number of carbonyl (C=O) groups excluding carboxylic acids is 1. The van der Waals surface area contributed by atoms with E-state index in [0.717, 1.165) is 17.9 Å². The smallest absolute Gasteiger partial charge is 0.251 e. The van der Waals surface area contributed by atoms with Crippen molar-refractivity contribution in [3.8, 4) is 5.75 Å².